The molecule has 6 nitrogen and oxygen atoms in total. The van der Waals surface area contributed by atoms with E-state index in [0.29, 0.717) is 24.5 Å². The maximum absolute atomic E-state index is 12.5. The lowest BCUT2D eigenvalue weighted by molar-refractivity contribution is -0.133. The molecule has 152 valence electrons. The fraction of sp³-hybridized carbons (Fsp3) is 0.364. The van der Waals surface area contributed by atoms with Crippen molar-refractivity contribution < 1.29 is 14.3 Å². The van der Waals surface area contributed by atoms with Crippen LogP contribution in [0.25, 0.3) is 10.2 Å². The number of piperazine rings is 1. The first-order valence-corrected chi connectivity index (χ1v) is 10.6. The number of rotatable bonds is 7. The van der Waals surface area contributed by atoms with E-state index in [0.717, 1.165) is 43.2 Å². The van der Waals surface area contributed by atoms with Crippen molar-refractivity contribution in [2.45, 2.75) is 13.0 Å². The standard InChI is InChI=1S/C22H25N3O3S/c1-27-18-7-3-4-8-19(18)28-15-10-22(26)25-13-11-24(12-14-25)16-21-23-17-6-2-5-9-20(17)29-21/h2-9H,10-16H2,1H3. The van der Waals surface area contributed by atoms with Gasteiger partial charge in [-0.25, -0.2) is 4.98 Å². The van der Waals surface area contributed by atoms with Crippen molar-refractivity contribution in [1.29, 1.82) is 0 Å². The van der Waals surface area contributed by atoms with Gasteiger partial charge in [0.1, 0.15) is 5.01 Å². The van der Waals surface area contributed by atoms with Crippen molar-refractivity contribution in [2.75, 3.05) is 39.9 Å². The summed E-state index contributed by atoms with van der Waals surface area (Å²) in [7, 11) is 1.61. The Hall–Kier alpha value is -2.64. The maximum atomic E-state index is 12.5. The van der Waals surface area contributed by atoms with Crippen molar-refractivity contribution in [1.82, 2.24) is 14.8 Å². The average molecular weight is 412 g/mol. The van der Waals surface area contributed by atoms with Gasteiger partial charge in [-0.2, -0.15) is 0 Å². The first-order chi connectivity index (χ1) is 14.2. The molecule has 4 rings (SSSR count). The number of amides is 1. The quantitative estimate of drug-likeness (QED) is 0.596. The van der Waals surface area contributed by atoms with E-state index in [2.05, 4.69) is 17.0 Å². The van der Waals surface area contributed by atoms with Crippen LogP contribution in [0.1, 0.15) is 11.4 Å². The maximum Gasteiger partial charge on any atom is 0.226 e. The summed E-state index contributed by atoms with van der Waals surface area (Å²) in [6, 6.07) is 15.7. The molecule has 2 heterocycles. The summed E-state index contributed by atoms with van der Waals surface area (Å²) in [6.07, 6.45) is 0.371. The predicted molar refractivity (Wildman–Crippen MR) is 115 cm³/mol. The lowest BCUT2D eigenvalue weighted by atomic mass is 10.2. The number of fused-ring (bicyclic) bond motifs is 1. The fourth-order valence-electron chi connectivity index (χ4n) is 3.48. The van der Waals surface area contributed by atoms with Gasteiger partial charge in [0.15, 0.2) is 11.5 Å². The number of hydrogen-bond acceptors (Lipinski definition) is 6. The molecule has 0 unspecified atom stereocenters. The Morgan fingerprint density at radius 2 is 1.76 bits per heavy atom. The van der Waals surface area contributed by atoms with Crippen LogP contribution in [0.2, 0.25) is 0 Å². The van der Waals surface area contributed by atoms with Crippen molar-refractivity contribution in [3.8, 4) is 11.5 Å². The number of ether oxygens (including phenoxy) is 2. The highest BCUT2D eigenvalue weighted by atomic mass is 32.1. The van der Waals surface area contributed by atoms with Gasteiger partial charge in [-0.3, -0.25) is 9.69 Å². The third-order valence-corrected chi connectivity index (χ3v) is 6.09. The van der Waals surface area contributed by atoms with Gasteiger partial charge in [-0.05, 0) is 24.3 Å². The molecule has 2 aromatic carbocycles. The number of benzene rings is 2. The monoisotopic (exact) mass is 411 g/mol. The lowest BCUT2D eigenvalue weighted by Gasteiger charge is -2.34. The summed E-state index contributed by atoms with van der Waals surface area (Å²) in [5, 5.41) is 1.14. The molecule has 0 N–H and O–H groups in total. The summed E-state index contributed by atoms with van der Waals surface area (Å²) in [6.45, 7) is 4.43. The summed E-state index contributed by atoms with van der Waals surface area (Å²) in [5.74, 6) is 1.49. The number of aromatic nitrogens is 1. The second-order valence-corrected chi connectivity index (χ2v) is 8.10. The van der Waals surface area contributed by atoms with E-state index >= 15 is 0 Å². The largest absolute Gasteiger partial charge is 0.493 e. The predicted octanol–water partition coefficient (Wildman–Crippen LogP) is 3.42. The Bertz CT molecular complexity index is 934. The van der Waals surface area contributed by atoms with Crippen LogP contribution in [0.15, 0.2) is 48.5 Å². The second kappa shape index (κ2) is 9.24. The molecular weight excluding hydrogens is 386 g/mol. The Balaban J connectivity index is 1.22. The summed E-state index contributed by atoms with van der Waals surface area (Å²) < 4.78 is 12.2. The number of carbonyl (C=O) groups excluding carboxylic acids is 1. The van der Waals surface area contributed by atoms with E-state index in [1.54, 1.807) is 18.4 Å². The van der Waals surface area contributed by atoms with Crippen LogP contribution in [0.4, 0.5) is 0 Å². The van der Waals surface area contributed by atoms with Crippen molar-refractivity contribution >= 4 is 27.5 Å². The Kier molecular flexibility index (Phi) is 6.27. The fourth-order valence-corrected chi connectivity index (χ4v) is 4.49. The first-order valence-electron chi connectivity index (χ1n) is 9.83. The summed E-state index contributed by atoms with van der Waals surface area (Å²) >= 11 is 1.75. The molecule has 0 spiro atoms. The Labute approximate surface area is 174 Å². The van der Waals surface area contributed by atoms with Crippen LogP contribution < -0.4 is 9.47 Å². The molecule has 0 saturated carbocycles. The van der Waals surface area contributed by atoms with Gasteiger partial charge >= 0.3 is 0 Å². The second-order valence-electron chi connectivity index (χ2n) is 6.98. The molecule has 0 bridgehead atoms. The van der Waals surface area contributed by atoms with Crippen LogP contribution in [0.3, 0.4) is 0 Å². The zero-order valence-electron chi connectivity index (χ0n) is 16.5. The molecule has 1 aliphatic heterocycles. The smallest absolute Gasteiger partial charge is 0.226 e. The Morgan fingerprint density at radius 3 is 2.52 bits per heavy atom. The SMILES string of the molecule is COc1ccccc1OCCC(=O)N1CCN(Cc2nc3ccccc3s2)CC1. The van der Waals surface area contributed by atoms with Crippen molar-refractivity contribution in [3.05, 3.63) is 53.5 Å². The zero-order valence-corrected chi connectivity index (χ0v) is 17.4. The highest BCUT2D eigenvalue weighted by Crippen LogP contribution is 2.26. The van der Waals surface area contributed by atoms with Crippen LogP contribution in [0, 0.1) is 0 Å². The Morgan fingerprint density at radius 1 is 1.03 bits per heavy atom. The molecule has 7 heteroatoms. The van der Waals surface area contributed by atoms with Gasteiger partial charge < -0.3 is 14.4 Å². The third-order valence-electron chi connectivity index (χ3n) is 5.06. The molecule has 0 atom stereocenters. The molecule has 1 amide bonds. The van der Waals surface area contributed by atoms with Gasteiger partial charge in [-0.15, -0.1) is 11.3 Å². The highest BCUT2D eigenvalue weighted by Gasteiger charge is 2.22. The summed E-state index contributed by atoms with van der Waals surface area (Å²) in [5.41, 5.74) is 1.07. The molecule has 29 heavy (non-hydrogen) atoms. The van der Waals surface area contributed by atoms with E-state index in [9.17, 15) is 4.79 Å². The van der Waals surface area contributed by atoms with Crippen LogP contribution in [-0.2, 0) is 11.3 Å². The lowest BCUT2D eigenvalue weighted by Crippen LogP contribution is -2.48. The van der Waals surface area contributed by atoms with E-state index in [-0.39, 0.29) is 5.91 Å². The van der Waals surface area contributed by atoms with Gasteiger partial charge in [0, 0.05) is 26.2 Å². The minimum Gasteiger partial charge on any atom is -0.493 e. The van der Waals surface area contributed by atoms with E-state index in [1.165, 1.54) is 4.70 Å². The normalized spacial score (nSPS) is 14.9. The van der Waals surface area contributed by atoms with Gasteiger partial charge in [-0.1, -0.05) is 24.3 Å². The van der Waals surface area contributed by atoms with Gasteiger partial charge in [0.05, 0.1) is 36.9 Å². The zero-order chi connectivity index (χ0) is 20.1. The minimum atomic E-state index is 0.138. The van der Waals surface area contributed by atoms with Gasteiger partial charge in [0.25, 0.3) is 0 Å². The molecule has 3 aromatic rings. The molecule has 0 radical (unpaired) electrons. The minimum absolute atomic E-state index is 0.138. The molecule has 1 fully saturated rings. The molecular formula is C22H25N3O3S. The van der Waals surface area contributed by atoms with Crippen LogP contribution in [-0.4, -0.2) is 60.6 Å². The topological polar surface area (TPSA) is 54.9 Å². The van der Waals surface area contributed by atoms with Crippen molar-refractivity contribution in [2.24, 2.45) is 0 Å². The third kappa shape index (κ3) is 4.86. The van der Waals surface area contributed by atoms with Crippen molar-refractivity contribution in [3.63, 3.8) is 0 Å². The highest BCUT2D eigenvalue weighted by molar-refractivity contribution is 7.18. The van der Waals surface area contributed by atoms with Crippen LogP contribution in [0.5, 0.6) is 11.5 Å². The van der Waals surface area contributed by atoms with E-state index in [1.807, 2.05) is 41.3 Å². The van der Waals surface area contributed by atoms with E-state index < -0.39 is 0 Å². The first kappa shape index (κ1) is 19.7. The number of para-hydroxylation sites is 3. The number of methoxy groups -OCH3 is 1. The number of thiazole rings is 1. The number of carbonyl (C=O) groups is 1. The molecule has 1 saturated heterocycles. The van der Waals surface area contributed by atoms with Crippen LogP contribution >= 0.6 is 11.3 Å². The summed E-state index contributed by atoms with van der Waals surface area (Å²) in [4.78, 5) is 21.5. The van der Waals surface area contributed by atoms with E-state index in [4.69, 9.17) is 14.5 Å². The number of hydrogen-bond donors (Lipinski definition) is 0. The number of nitrogens with zero attached hydrogens (tertiary/aromatic N) is 3. The molecule has 1 aromatic heterocycles. The molecule has 1 aliphatic rings. The average Bonchev–Trinajstić information content (AvgIpc) is 3.17. The molecule has 0 aliphatic carbocycles. The van der Waals surface area contributed by atoms with Gasteiger partial charge in [0.2, 0.25) is 5.91 Å².